The summed E-state index contributed by atoms with van der Waals surface area (Å²) >= 11 is 0. The van der Waals surface area contributed by atoms with Gasteiger partial charge in [0.25, 0.3) is 0 Å². The summed E-state index contributed by atoms with van der Waals surface area (Å²) in [6, 6.07) is 0. The summed E-state index contributed by atoms with van der Waals surface area (Å²) in [5.74, 6) is 1.88. The molecule has 0 aromatic carbocycles. The van der Waals surface area contributed by atoms with Crippen molar-refractivity contribution in [1.82, 2.24) is 0 Å². The van der Waals surface area contributed by atoms with Crippen LogP contribution in [0, 0.1) is 12.3 Å². The van der Waals surface area contributed by atoms with Crippen molar-refractivity contribution in [1.29, 1.82) is 0 Å². The smallest absolute Gasteiger partial charge is 0.845 e. The predicted molar refractivity (Wildman–Crippen MR) is 13.7 cm³/mol. The van der Waals surface area contributed by atoms with E-state index in [1.165, 1.54) is 0 Å². The monoisotopic (exact) mass is 94.0 g/mol. The largest absolute Gasteiger partial charge is 1.00 e. The molecule has 0 aromatic heterocycles. The Morgan fingerprint density at radius 3 is 2.00 bits per heavy atom. The van der Waals surface area contributed by atoms with Crippen LogP contribution in [-0.4, -0.2) is 6.61 Å². The standard InChI is InChI=1S/C3H3O.K/c1-2-3-4;/h1H,3H2;/q-1;+1. The normalized spacial score (nSPS) is 4.00. The molecule has 0 saturated heterocycles. The molecule has 0 aliphatic heterocycles. The van der Waals surface area contributed by atoms with Gasteiger partial charge >= 0.3 is 51.4 Å². The average molecular weight is 94.2 g/mol. The predicted octanol–water partition coefficient (Wildman–Crippen LogP) is -4.02. The van der Waals surface area contributed by atoms with Crippen LogP contribution in [0.2, 0.25) is 0 Å². The second-order valence-electron chi connectivity index (χ2n) is 0.348. The van der Waals surface area contributed by atoms with Crippen molar-refractivity contribution in [3.8, 4) is 12.3 Å². The molecule has 0 N–H and O–H groups in total. The van der Waals surface area contributed by atoms with E-state index >= 15 is 0 Å². The van der Waals surface area contributed by atoms with Crippen LogP contribution in [0.25, 0.3) is 0 Å². The van der Waals surface area contributed by atoms with Crippen molar-refractivity contribution in [2.75, 3.05) is 6.61 Å². The average Bonchev–Trinajstić information content (AvgIpc) is 1.37. The number of hydrogen-bond acceptors (Lipinski definition) is 1. The fourth-order valence-corrected chi connectivity index (χ4v) is 0. The summed E-state index contributed by atoms with van der Waals surface area (Å²) in [7, 11) is 0. The Balaban J connectivity index is 0. The molecule has 22 valence electrons. The van der Waals surface area contributed by atoms with Gasteiger partial charge in [0.15, 0.2) is 0 Å². The molecule has 0 spiro atoms. The van der Waals surface area contributed by atoms with Crippen molar-refractivity contribution in [2.24, 2.45) is 0 Å². The molecule has 0 unspecified atom stereocenters. The zero-order valence-corrected chi connectivity index (χ0v) is 6.32. The molecule has 0 aliphatic carbocycles. The Morgan fingerprint density at radius 1 is 1.80 bits per heavy atom. The molecule has 0 bridgehead atoms. The van der Waals surface area contributed by atoms with Gasteiger partial charge in [-0.3, -0.25) is 0 Å². The molecule has 0 heterocycles. The maximum absolute atomic E-state index is 9.06. The van der Waals surface area contributed by atoms with Crippen LogP contribution in [0.15, 0.2) is 0 Å². The van der Waals surface area contributed by atoms with E-state index in [-0.39, 0.29) is 51.4 Å². The molecule has 5 heavy (non-hydrogen) atoms. The van der Waals surface area contributed by atoms with Crippen LogP contribution in [0.4, 0.5) is 0 Å². The molecule has 0 saturated carbocycles. The van der Waals surface area contributed by atoms with Crippen LogP contribution < -0.4 is 56.5 Å². The Hall–Kier alpha value is 1.16. The van der Waals surface area contributed by atoms with Crippen LogP contribution in [0.3, 0.4) is 0 Å². The molecule has 0 radical (unpaired) electrons. The Kier molecular flexibility index (Phi) is 16.9. The maximum atomic E-state index is 9.06. The fraction of sp³-hybridized carbons (Fsp3) is 0.333. The number of hydrogen-bond donors (Lipinski definition) is 0. The minimum atomic E-state index is -0.403. The van der Waals surface area contributed by atoms with E-state index in [9.17, 15) is 0 Å². The second-order valence-corrected chi connectivity index (χ2v) is 0.348. The quantitative estimate of drug-likeness (QED) is 0.221. The molecular formula is C3H3KO. The third-order valence-electron chi connectivity index (χ3n) is 0.0833. The Bertz CT molecular complexity index is 36.6. The van der Waals surface area contributed by atoms with E-state index in [2.05, 4.69) is 6.42 Å². The summed E-state index contributed by atoms with van der Waals surface area (Å²) in [6.07, 6.45) is 4.47. The van der Waals surface area contributed by atoms with Gasteiger partial charge in [-0.15, -0.1) is 12.3 Å². The van der Waals surface area contributed by atoms with Gasteiger partial charge < -0.3 is 5.11 Å². The van der Waals surface area contributed by atoms with Crippen molar-refractivity contribution in [3.63, 3.8) is 0 Å². The summed E-state index contributed by atoms with van der Waals surface area (Å²) in [5, 5.41) is 9.06. The first-order chi connectivity index (χ1) is 1.91. The maximum Gasteiger partial charge on any atom is 1.00 e. The second kappa shape index (κ2) is 8.94. The van der Waals surface area contributed by atoms with Crippen LogP contribution in [0.1, 0.15) is 0 Å². The molecular weight excluding hydrogens is 91.1 g/mol. The zero-order chi connectivity index (χ0) is 3.41. The Morgan fingerprint density at radius 2 is 2.00 bits per heavy atom. The summed E-state index contributed by atoms with van der Waals surface area (Å²) in [6.45, 7) is -0.403. The van der Waals surface area contributed by atoms with Gasteiger partial charge in [-0.05, 0) is 0 Å². The molecule has 0 rings (SSSR count). The van der Waals surface area contributed by atoms with Crippen molar-refractivity contribution < 1.29 is 56.5 Å². The van der Waals surface area contributed by atoms with E-state index in [1.54, 1.807) is 0 Å². The third kappa shape index (κ3) is 11.0. The molecule has 1 nitrogen and oxygen atoms in total. The van der Waals surface area contributed by atoms with Gasteiger partial charge in [0.05, 0.1) is 0 Å². The van der Waals surface area contributed by atoms with Crippen LogP contribution in [-0.2, 0) is 0 Å². The molecule has 0 amide bonds. The molecule has 0 atom stereocenters. The topological polar surface area (TPSA) is 23.1 Å². The number of terminal acetylenes is 1. The first-order valence-corrected chi connectivity index (χ1v) is 0.931. The van der Waals surface area contributed by atoms with Crippen molar-refractivity contribution in [3.05, 3.63) is 0 Å². The molecule has 0 fully saturated rings. The van der Waals surface area contributed by atoms with Gasteiger partial charge in [-0.25, -0.2) is 0 Å². The van der Waals surface area contributed by atoms with E-state index in [1.807, 2.05) is 5.92 Å². The summed E-state index contributed by atoms with van der Waals surface area (Å²) < 4.78 is 0. The van der Waals surface area contributed by atoms with E-state index < -0.39 is 6.61 Å². The van der Waals surface area contributed by atoms with E-state index in [4.69, 9.17) is 5.11 Å². The van der Waals surface area contributed by atoms with E-state index in [0.29, 0.717) is 0 Å². The first-order valence-electron chi connectivity index (χ1n) is 0.931. The van der Waals surface area contributed by atoms with Crippen molar-refractivity contribution in [2.45, 2.75) is 0 Å². The molecule has 0 aromatic rings. The van der Waals surface area contributed by atoms with Crippen LogP contribution in [0.5, 0.6) is 0 Å². The fourth-order valence-electron chi connectivity index (χ4n) is 0. The summed E-state index contributed by atoms with van der Waals surface area (Å²) in [5.41, 5.74) is 0. The SMILES string of the molecule is C#CC[O-].[K+]. The van der Waals surface area contributed by atoms with Gasteiger partial charge in [0, 0.05) is 0 Å². The zero-order valence-electron chi connectivity index (χ0n) is 3.19. The van der Waals surface area contributed by atoms with Gasteiger partial charge in [0.1, 0.15) is 0 Å². The minimum absolute atomic E-state index is 0. The number of rotatable bonds is 0. The van der Waals surface area contributed by atoms with Crippen molar-refractivity contribution >= 4 is 0 Å². The van der Waals surface area contributed by atoms with Gasteiger partial charge in [-0.1, -0.05) is 6.61 Å². The first kappa shape index (κ1) is 9.48. The van der Waals surface area contributed by atoms with Gasteiger partial charge in [0.2, 0.25) is 0 Å². The molecule has 0 aliphatic rings. The van der Waals surface area contributed by atoms with Crippen LogP contribution >= 0.6 is 0 Å². The van der Waals surface area contributed by atoms with Gasteiger partial charge in [-0.2, -0.15) is 0 Å². The third-order valence-corrected chi connectivity index (χ3v) is 0.0833. The minimum Gasteiger partial charge on any atom is -0.845 e. The molecule has 2 heteroatoms. The van der Waals surface area contributed by atoms with E-state index in [0.717, 1.165) is 0 Å². The summed E-state index contributed by atoms with van der Waals surface area (Å²) in [4.78, 5) is 0. The Labute approximate surface area is 74.2 Å².